The predicted molar refractivity (Wildman–Crippen MR) is 57.9 cm³/mol. The highest BCUT2D eigenvalue weighted by atomic mass is 16.3. The lowest BCUT2D eigenvalue weighted by molar-refractivity contribution is 0.326. The summed E-state index contributed by atoms with van der Waals surface area (Å²) < 4.78 is 5.18. The van der Waals surface area contributed by atoms with Crippen molar-refractivity contribution in [1.29, 1.82) is 0 Å². The van der Waals surface area contributed by atoms with Crippen molar-refractivity contribution in [3.8, 4) is 0 Å². The molecule has 0 saturated carbocycles. The lowest BCUT2D eigenvalue weighted by Gasteiger charge is -2.02. The van der Waals surface area contributed by atoms with Crippen LogP contribution in [0.25, 0.3) is 6.08 Å². The fraction of sp³-hybridized carbons (Fsp3) is 0.500. The molecule has 0 fully saturated rings. The van der Waals surface area contributed by atoms with Gasteiger partial charge in [-0.25, -0.2) is 0 Å². The molecule has 1 N–H and O–H groups in total. The number of aliphatic hydroxyl groups excluding tert-OH is 1. The first-order valence-corrected chi connectivity index (χ1v) is 5.20. The third kappa shape index (κ3) is 3.79. The second-order valence-electron chi connectivity index (χ2n) is 3.43. The van der Waals surface area contributed by atoms with Crippen LogP contribution in [0.4, 0.5) is 0 Å². The van der Waals surface area contributed by atoms with Gasteiger partial charge in [-0.2, -0.15) is 0 Å². The van der Waals surface area contributed by atoms with Crippen molar-refractivity contribution in [2.24, 2.45) is 0 Å². The molecule has 1 aromatic heterocycles. The highest BCUT2D eigenvalue weighted by Gasteiger charge is 1.97. The first-order valence-electron chi connectivity index (χ1n) is 5.20. The van der Waals surface area contributed by atoms with E-state index in [1.165, 1.54) is 12.8 Å². The van der Waals surface area contributed by atoms with Gasteiger partial charge in [0.15, 0.2) is 0 Å². The Balaban J connectivity index is 2.45. The van der Waals surface area contributed by atoms with Gasteiger partial charge in [0, 0.05) is 0 Å². The first-order chi connectivity index (χ1) is 6.86. The van der Waals surface area contributed by atoms with Crippen LogP contribution in [0.5, 0.6) is 0 Å². The number of hydrogen-bond donors (Lipinski definition) is 1. The molecular weight excluding hydrogens is 176 g/mol. The summed E-state index contributed by atoms with van der Waals surface area (Å²) in [4.78, 5) is 0. The van der Waals surface area contributed by atoms with Gasteiger partial charge in [-0.15, -0.1) is 0 Å². The number of furan rings is 1. The van der Waals surface area contributed by atoms with E-state index in [-0.39, 0.29) is 6.61 Å². The van der Waals surface area contributed by atoms with Crippen molar-refractivity contribution < 1.29 is 9.52 Å². The molecule has 0 aliphatic carbocycles. The average molecular weight is 194 g/mol. The van der Waals surface area contributed by atoms with E-state index in [1.54, 1.807) is 6.26 Å². The molecule has 2 nitrogen and oxygen atoms in total. The number of unbranched alkanes of at least 4 members (excludes halogenated alkanes) is 2. The lowest BCUT2D eigenvalue weighted by Crippen LogP contribution is -1.90. The van der Waals surface area contributed by atoms with Crippen molar-refractivity contribution in [3.63, 3.8) is 0 Å². The van der Waals surface area contributed by atoms with Gasteiger partial charge >= 0.3 is 0 Å². The SMILES string of the molecule is CCCCCC(=Cc1ccco1)CO. The van der Waals surface area contributed by atoms with Crippen molar-refractivity contribution in [3.05, 3.63) is 29.7 Å². The Bertz CT molecular complexity index is 260. The molecule has 0 atom stereocenters. The molecule has 0 radical (unpaired) electrons. The summed E-state index contributed by atoms with van der Waals surface area (Å²) in [5.74, 6) is 0.825. The first kappa shape index (κ1) is 11.1. The molecule has 0 amide bonds. The van der Waals surface area contributed by atoms with Crippen LogP contribution in [-0.4, -0.2) is 11.7 Å². The molecule has 0 aliphatic rings. The second kappa shape index (κ2) is 6.44. The van der Waals surface area contributed by atoms with Crippen LogP contribution in [0.3, 0.4) is 0 Å². The van der Waals surface area contributed by atoms with Crippen molar-refractivity contribution in [2.75, 3.05) is 6.61 Å². The smallest absolute Gasteiger partial charge is 0.126 e. The molecule has 0 aliphatic heterocycles. The average Bonchev–Trinajstić information content (AvgIpc) is 2.69. The number of hydrogen-bond acceptors (Lipinski definition) is 2. The van der Waals surface area contributed by atoms with Gasteiger partial charge in [0.05, 0.1) is 12.9 Å². The van der Waals surface area contributed by atoms with Crippen LogP contribution >= 0.6 is 0 Å². The summed E-state index contributed by atoms with van der Waals surface area (Å²) in [5, 5.41) is 9.11. The normalized spacial score (nSPS) is 12.0. The summed E-state index contributed by atoms with van der Waals surface area (Å²) in [6.07, 6.45) is 8.10. The fourth-order valence-corrected chi connectivity index (χ4v) is 1.37. The van der Waals surface area contributed by atoms with Crippen molar-refractivity contribution in [1.82, 2.24) is 0 Å². The molecule has 14 heavy (non-hydrogen) atoms. The van der Waals surface area contributed by atoms with E-state index in [9.17, 15) is 0 Å². The summed E-state index contributed by atoms with van der Waals surface area (Å²) in [5.41, 5.74) is 1.05. The van der Waals surface area contributed by atoms with Crippen LogP contribution in [-0.2, 0) is 0 Å². The molecule has 0 aromatic carbocycles. The Labute approximate surface area is 85.2 Å². The zero-order chi connectivity index (χ0) is 10.2. The van der Waals surface area contributed by atoms with Crippen molar-refractivity contribution in [2.45, 2.75) is 32.6 Å². The van der Waals surface area contributed by atoms with Crippen LogP contribution in [0.2, 0.25) is 0 Å². The second-order valence-corrected chi connectivity index (χ2v) is 3.43. The predicted octanol–water partition coefficient (Wildman–Crippen LogP) is 3.24. The minimum atomic E-state index is 0.129. The summed E-state index contributed by atoms with van der Waals surface area (Å²) in [6.45, 7) is 2.30. The van der Waals surface area contributed by atoms with E-state index < -0.39 is 0 Å². The lowest BCUT2D eigenvalue weighted by atomic mass is 10.1. The Morgan fingerprint density at radius 3 is 2.93 bits per heavy atom. The third-order valence-corrected chi connectivity index (χ3v) is 2.19. The van der Waals surface area contributed by atoms with Crippen LogP contribution < -0.4 is 0 Å². The Kier molecular flexibility index (Phi) is 5.08. The van der Waals surface area contributed by atoms with Gasteiger partial charge in [-0.05, 0) is 36.6 Å². The third-order valence-electron chi connectivity index (χ3n) is 2.19. The van der Waals surface area contributed by atoms with Crippen LogP contribution in [0.1, 0.15) is 38.4 Å². The summed E-state index contributed by atoms with van der Waals surface area (Å²) >= 11 is 0. The molecule has 2 heteroatoms. The van der Waals surface area contributed by atoms with E-state index in [0.29, 0.717) is 0 Å². The minimum absolute atomic E-state index is 0.129. The number of aliphatic hydroxyl groups is 1. The standard InChI is InChI=1S/C12H18O2/c1-2-3-4-6-11(10-13)9-12-7-5-8-14-12/h5,7-9,13H,2-4,6,10H2,1H3. The van der Waals surface area contributed by atoms with Gasteiger partial charge < -0.3 is 9.52 Å². The van der Waals surface area contributed by atoms with E-state index >= 15 is 0 Å². The molecule has 0 spiro atoms. The molecule has 1 rings (SSSR count). The van der Waals surface area contributed by atoms with Gasteiger partial charge in [0.1, 0.15) is 5.76 Å². The maximum Gasteiger partial charge on any atom is 0.126 e. The van der Waals surface area contributed by atoms with Crippen LogP contribution in [0, 0.1) is 0 Å². The molecule has 0 saturated heterocycles. The summed E-state index contributed by atoms with van der Waals surface area (Å²) in [6, 6.07) is 3.75. The van der Waals surface area contributed by atoms with Gasteiger partial charge in [-0.3, -0.25) is 0 Å². The molecule has 1 heterocycles. The maximum atomic E-state index is 9.11. The molecular formula is C12H18O2. The Morgan fingerprint density at radius 1 is 1.50 bits per heavy atom. The van der Waals surface area contributed by atoms with Gasteiger partial charge in [0.2, 0.25) is 0 Å². The quantitative estimate of drug-likeness (QED) is 0.705. The minimum Gasteiger partial charge on any atom is -0.465 e. The Hall–Kier alpha value is -1.02. The van der Waals surface area contributed by atoms with E-state index in [0.717, 1.165) is 24.2 Å². The highest BCUT2D eigenvalue weighted by molar-refractivity contribution is 5.47. The van der Waals surface area contributed by atoms with E-state index in [4.69, 9.17) is 9.52 Å². The van der Waals surface area contributed by atoms with Crippen LogP contribution in [0.15, 0.2) is 28.4 Å². The molecule has 78 valence electrons. The van der Waals surface area contributed by atoms with Crippen molar-refractivity contribution >= 4 is 6.08 Å². The highest BCUT2D eigenvalue weighted by Crippen LogP contribution is 2.13. The fourth-order valence-electron chi connectivity index (χ4n) is 1.37. The van der Waals surface area contributed by atoms with E-state index in [2.05, 4.69) is 6.92 Å². The topological polar surface area (TPSA) is 33.4 Å². The monoisotopic (exact) mass is 194 g/mol. The molecule has 0 bridgehead atoms. The summed E-state index contributed by atoms with van der Waals surface area (Å²) in [7, 11) is 0. The van der Waals surface area contributed by atoms with Gasteiger partial charge in [-0.1, -0.05) is 19.8 Å². The maximum absolute atomic E-state index is 9.11. The van der Waals surface area contributed by atoms with E-state index in [1.807, 2.05) is 18.2 Å². The molecule has 0 unspecified atom stereocenters. The molecule has 1 aromatic rings. The number of rotatable bonds is 6. The largest absolute Gasteiger partial charge is 0.465 e. The zero-order valence-corrected chi connectivity index (χ0v) is 8.70. The Morgan fingerprint density at radius 2 is 2.36 bits per heavy atom. The van der Waals surface area contributed by atoms with Gasteiger partial charge in [0.25, 0.3) is 0 Å². The zero-order valence-electron chi connectivity index (χ0n) is 8.70.